The highest BCUT2D eigenvalue weighted by atomic mass is 16.2. The van der Waals surface area contributed by atoms with Crippen molar-refractivity contribution in [1.29, 1.82) is 0 Å². The second kappa shape index (κ2) is 5.91. The molecule has 0 spiro atoms. The normalized spacial score (nSPS) is 22.4. The maximum atomic E-state index is 11.8. The van der Waals surface area contributed by atoms with E-state index in [1.54, 1.807) is 0 Å². The number of nitrogens with two attached hydrogens (primary N) is 1. The first-order valence-corrected chi connectivity index (χ1v) is 6.79. The quantitative estimate of drug-likeness (QED) is 0.850. The molecule has 2 unspecified atom stereocenters. The number of hydrogen-bond donors (Lipinski definition) is 2. The summed E-state index contributed by atoms with van der Waals surface area (Å²) < 4.78 is 1.34. The average molecular weight is 263 g/mol. The van der Waals surface area contributed by atoms with Gasteiger partial charge in [0.2, 0.25) is 5.91 Å². The summed E-state index contributed by atoms with van der Waals surface area (Å²) in [5.74, 6) is 1.11. The van der Waals surface area contributed by atoms with Gasteiger partial charge in [-0.25, -0.2) is 0 Å². The van der Waals surface area contributed by atoms with Crippen LogP contribution in [0.3, 0.4) is 0 Å². The number of nitrogens with zero attached hydrogens (tertiary/aromatic N) is 1. The highest BCUT2D eigenvalue weighted by molar-refractivity contribution is 5.75. The molecule has 0 aromatic carbocycles. The van der Waals surface area contributed by atoms with Gasteiger partial charge >= 0.3 is 0 Å². The lowest BCUT2D eigenvalue weighted by Crippen LogP contribution is -2.35. The lowest BCUT2D eigenvalue weighted by molar-refractivity contribution is -0.121. The van der Waals surface area contributed by atoms with Gasteiger partial charge in [0, 0.05) is 24.5 Å². The molecule has 1 fully saturated rings. The highest BCUT2D eigenvalue weighted by Gasteiger charge is 2.23. The summed E-state index contributed by atoms with van der Waals surface area (Å²) in [7, 11) is 0. The van der Waals surface area contributed by atoms with Gasteiger partial charge in [0.25, 0.3) is 5.56 Å². The summed E-state index contributed by atoms with van der Waals surface area (Å²) in [4.78, 5) is 23.4. The van der Waals surface area contributed by atoms with Crippen LogP contribution in [0.4, 0.5) is 5.69 Å². The maximum Gasteiger partial charge on any atom is 0.251 e. The molecule has 5 nitrogen and oxygen atoms in total. The van der Waals surface area contributed by atoms with Crippen LogP contribution in [0, 0.1) is 11.8 Å². The molecule has 0 saturated heterocycles. The Balaban J connectivity index is 1.87. The van der Waals surface area contributed by atoms with Crippen LogP contribution in [-0.2, 0) is 11.3 Å². The highest BCUT2D eigenvalue weighted by Crippen LogP contribution is 2.30. The predicted molar refractivity (Wildman–Crippen MR) is 74.6 cm³/mol. The fourth-order valence-electron chi connectivity index (χ4n) is 2.65. The molecule has 1 aromatic rings. The molecule has 1 amide bonds. The van der Waals surface area contributed by atoms with Crippen LogP contribution in [0.15, 0.2) is 23.1 Å². The Morgan fingerprint density at radius 1 is 1.47 bits per heavy atom. The van der Waals surface area contributed by atoms with E-state index >= 15 is 0 Å². The van der Waals surface area contributed by atoms with Gasteiger partial charge in [-0.05, 0) is 24.3 Å². The molecular weight excluding hydrogens is 242 g/mol. The zero-order valence-corrected chi connectivity index (χ0v) is 11.3. The lowest BCUT2D eigenvalue weighted by Gasteiger charge is -2.16. The Hall–Kier alpha value is -1.78. The van der Waals surface area contributed by atoms with Gasteiger partial charge < -0.3 is 15.6 Å². The second-order valence-electron chi connectivity index (χ2n) is 5.40. The summed E-state index contributed by atoms with van der Waals surface area (Å²) in [6.45, 7) is 2.97. The van der Waals surface area contributed by atoms with Crippen molar-refractivity contribution < 1.29 is 4.79 Å². The van der Waals surface area contributed by atoms with Crippen LogP contribution in [0.25, 0.3) is 0 Å². The SMILES string of the molecule is CC1CCCC1CNC(=O)Cn1cc(N)ccc1=O. The molecule has 5 heteroatoms. The summed E-state index contributed by atoms with van der Waals surface area (Å²) in [5.41, 5.74) is 5.88. The van der Waals surface area contributed by atoms with Gasteiger partial charge in [-0.1, -0.05) is 19.8 Å². The van der Waals surface area contributed by atoms with Crippen LogP contribution < -0.4 is 16.6 Å². The van der Waals surface area contributed by atoms with Crippen molar-refractivity contribution >= 4 is 11.6 Å². The van der Waals surface area contributed by atoms with Crippen LogP contribution in [0.2, 0.25) is 0 Å². The number of nitrogen functional groups attached to an aromatic ring is 1. The first-order valence-electron chi connectivity index (χ1n) is 6.79. The number of pyridine rings is 1. The maximum absolute atomic E-state index is 11.8. The van der Waals surface area contributed by atoms with Crippen LogP contribution >= 0.6 is 0 Å². The minimum Gasteiger partial charge on any atom is -0.398 e. The molecule has 2 rings (SSSR count). The van der Waals surface area contributed by atoms with E-state index in [9.17, 15) is 9.59 Å². The van der Waals surface area contributed by atoms with Crippen molar-refractivity contribution in [2.24, 2.45) is 11.8 Å². The molecule has 1 aromatic heterocycles. The van der Waals surface area contributed by atoms with Crippen molar-refractivity contribution in [3.8, 4) is 0 Å². The Morgan fingerprint density at radius 3 is 2.95 bits per heavy atom. The third kappa shape index (κ3) is 3.59. The molecule has 2 atom stereocenters. The van der Waals surface area contributed by atoms with E-state index in [0.29, 0.717) is 24.1 Å². The molecule has 3 N–H and O–H groups in total. The monoisotopic (exact) mass is 263 g/mol. The minimum atomic E-state index is -0.210. The molecular formula is C14H21N3O2. The largest absolute Gasteiger partial charge is 0.398 e. The van der Waals surface area contributed by atoms with Gasteiger partial charge in [-0.2, -0.15) is 0 Å². The van der Waals surface area contributed by atoms with Gasteiger partial charge in [0.1, 0.15) is 6.54 Å². The summed E-state index contributed by atoms with van der Waals surface area (Å²) in [6, 6.07) is 2.92. The van der Waals surface area contributed by atoms with Gasteiger partial charge in [-0.3, -0.25) is 9.59 Å². The van der Waals surface area contributed by atoms with E-state index in [4.69, 9.17) is 5.73 Å². The van der Waals surface area contributed by atoms with E-state index in [2.05, 4.69) is 12.2 Å². The van der Waals surface area contributed by atoms with Crippen LogP contribution in [0.1, 0.15) is 26.2 Å². The number of carbonyl (C=O) groups excluding carboxylic acids is 1. The van der Waals surface area contributed by atoms with Crippen molar-refractivity contribution in [2.45, 2.75) is 32.7 Å². The summed E-state index contributed by atoms with van der Waals surface area (Å²) in [6.07, 6.45) is 5.17. The Kier molecular flexibility index (Phi) is 4.24. The zero-order valence-electron chi connectivity index (χ0n) is 11.3. The zero-order chi connectivity index (χ0) is 13.8. The molecule has 1 saturated carbocycles. The molecule has 1 heterocycles. The Labute approximate surface area is 112 Å². The Morgan fingerprint density at radius 2 is 2.26 bits per heavy atom. The average Bonchev–Trinajstić information content (AvgIpc) is 2.77. The number of carbonyl (C=O) groups is 1. The lowest BCUT2D eigenvalue weighted by atomic mass is 9.98. The van der Waals surface area contributed by atoms with Crippen molar-refractivity contribution in [2.75, 3.05) is 12.3 Å². The van der Waals surface area contributed by atoms with E-state index in [0.717, 1.165) is 0 Å². The van der Waals surface area contributed by atoms with Crippen molar-refractivity contribution in [3.05, 3.63) is 28.7 Å². The first kappa shape index (κ1) is 13.6. The molecule has 19 heavy (non-hydrogen) atoms. The van der Waals surface area contributed by atoms with E-state index in [1.165, 1.54) is 42.2 Å². The molecule has 0 aliphatic heterocycles. The second-order valence-corrected chi connectivity index (χ2v) is 5.40. The molecule has 0 bridgehead atoms. The third-order valence-electron chi connectivity index (χ3n) is 3.92. The molecule has 1 aliphatic carbocycles. The fraction of sp³-hybridized carbons (Fsp3) is 0.571. The van der Waals surface area contributed by atoms with Gasteiger partial charge in [0.05, 0.1) is 0 Å². The topological polar surface area (TPSA) is 77.1 Å². The number of amides is 1. The van der Waals surface area contributed by atoms with E-state index in [-0.39, 0.29) is 18.0 Å². The number of aromatic nitrogens is 1. The standard InChI is InChI=1S/C14H21N3O2/c1-10-3-2-4-11(10)7-16-13(18)9-17-8-12(15)5-6-14(17)19/h5-6,8,10-11H,2-4,7,9,15H2,1H3,(H,16,18). The van der Waals surface area contributed by atoms with Crippen LogP contribution in [-0.4, -0.2) is 17.0 Å². The predicted octanol–water partition coefficient (Wildman–Crippen LogP) is 0.983. The number of anilines is 1. The number of hydrogen-bond acceptors (Lipinski definition) is 3. The smallest absolute Gasteiger partial charge is 0.251 e. The third-order valence-corrected chi connectivity index (χ3v) is 3.92. The summed E-state index contributed by atoms with van der Waals surface area (Å²) in [5, 5.41) is 2.91. The van der Waals surface area contributed by atoms with E-state index < -0.39 is 0 Å². The van der Waals surface area contributed by atoms with Crippen molar-refractivity contribution in [3.63, 3.8) is 0 Å². The molecule has 1 aliphatic rings. The van der Waals surface area contributed by atoms with Gasteiger partial charge in [0.15, 0.2) is 0 Å². The van der Waals surface area contributed by atoms with Crippen molar-refractivity contribution in [1.82, 2.24) is 9.88 Å². The van der Waals surface area contributed by atoms with Crippen LogP contribution in [0.5, 0.6) is 0 Å². The number of rotatable bonds is 4. The first-order chi connectivity index (χ1) is 9.06. The number of nitrogens with one attached hydrogen (secondary N) is 1. The van der Waals surface area contributed by atoms with Gasteiger partial charge in [-0.15, -0.1) is 0 Å². The minimum absolute atomic E-state index is 0.0327. The molecule has 104 valence electrons. The summed E-state index contributed by atoms with van der Waals surface area (Å²) >= 11 is 0. The fourth-order valence-corrected chi connectivity index (χ4v) is 2.65. The Bertz CT molecular complexity index is 510. The van der Waals surface area contributed by atoms with E-state index in [1.807, 2.05) is 0 Å². The molecule has 0 radical (unpaired) electrons.